The molecule has 0 radical (unpaired) electrons. The van der Waals surface area contributed by atoms with E-state index in [2.05, 4.69) is 21.2 Å². The SMILES string of the molecule is CC1CCN(C(=O)Nc2ccc(C(=O)O)cc2Br)CC1O. The Bertz CT molecular complexity index is 564. The number of anilines is 1. The number of benzene rings is 1. The van der Waals surface area contributed by atoms with Crippen LogP contribution in [0, 0.1) is 5.92 Å². The summed E-state index contributed by atoms with van der Waals surface area (Å²) in [7, 11) is 0. The van der Waals surface area contributed by atoms with E-state index < -0.39 is 12.1 Å². The summed E-state index contributed by atoms with van der Waals surface area (Å²) in [5.41, 5.74) is 0.639. The van der Waals surface area contributed by atoms with Gasteiger partial charge in [-0.15, -0.1) is 0 Å². The van der Waals surface area contributed by atoms with Crippen molar-refractivity contribution in [1.29, 1.82) is 0 Å². The van der Waals surface area contributed by atoms with Crippen molar-refractivity contribution in [3.63, 3.8) is 0 Å². The molecule has 2 amide bonds. The van der Waals surface area contributed by atoms with Crippen LogP contribution in [0.5, 0.6) is 0 Å². The molecular formula is C14H17BrN2O4. The highest BCUT2D eigenvalue weighted by atomic mass is 79.9. The van der Waals surface area contributed by atoms with Gasteiger partial charge in [0.05, 0.1) is 17.4 Å². The summed E-state index contributed by atoms with van der Waals surface area (Å²) in [4.78, 5) is 24.6. The van der Waals surface area contributed by atoms with Gasteiger partial charge in [-0.1, -0.05) is 6.92 Å². The molecule has 1 saturated heterocycles. The van der Waals surface area contributed by atoms with Gasteiger partial charge in [0.15, 0.2) is 0 Å². The van der Waals surface area contributed by atoms with Crippen molar-refractivity contribution in [3.8, 4) is 0 Å². The first-order chi connectivity index (χ1) is 9.88. The number of nitrogens with one attached hydrogen (secondary N) is 1. The summed E-state index contributed by atoms with van der Waals surface area (Å²) in [5.74, 6) is -0.836. The number of nitrogens with zero attached hydrogens (tertiary/aromatic N) is 1. The first-order valence-corrected chi connectivity index (χ1v) is 7.44. The molecule has 21 heavy (non-hydrogen) atoms. The Labute approximate surface area is 130 Å². The van der Waals surface area contributed by atoms with Gasteiger partial charge < -0.3 is 20.4 Å². The van der Waals surface area contributed by atoms with Crippen molar-refractivity contribution in [3.05, 3.63) is 28.2 Å². The molecule has 2 unspecified atom stereocenters. The third-order valence-corrected chi connectivity index (χ3v) is 4.32. The van der Waals surface area contributed by atoms with Crippen LogP contribution in [0.3, 0.4) is 0 Å². The number of aliphatic hydroxyl groups is 1. The summed E-state index contributed by atoms with van der Waals surface area (Å²) in [6, 6.07) is 4.10. The Morgan fingerprint density at radius 3 is 2.71 bits per heavy atom. The zero-order valence-corrected chi connectivity index (χ0v) is 13.1. The third kappa shape index (κ3) is 3.74. The number of rotatable bonds is 2. The average Bonchev–Trinajstić information content (AvgIpc) is 2.43. The Hall–Kier alpha value is -1.60. The zero-order valence-electron chi connectivity index (χ0n) is 11.5. The molecule has 1 aromatic rings. The van der Waals surface area contributed by atoms with Crippen LogP contribution in [0.1, 0.15) is 23.7 Å². The fraction of sp³-hybridized carbons (Fsp3) is 0.429. The maximum Gasteiger partial charge on any atom is 0.335 e. The maximum atomic E-state index is 12.2. The lowest BCUT2D eigenvalue weighted by atomic mass is 9.96. The van der Waals surface area contributed by atoms with Crippen molar-refractivity contribution in [1.82, 2.24) is 4.90 Å². The first-order valence-electron chi connectivity index (χ1n) is 6.65. The number of hydrogen-bond donors (Lipinski definition) is 3. The summed E-state index contributed by atoms with van der Waals surface area (Å²) >= 11 is 3.24. The summed E-state index contributed by atoms with van der Waals surface area (Å²) < 4.78 is 0.502. The molecule has 0 spiro atoms. The number of likely N-dealkylation sites (tertiary alicyclic amines) is 1. The Morgan fingerprint density at radius 1 is 1.43 bits per heavy atom. The van der Waals surface area contributed by atoms with Crippen LogP contribution < -0.4 is 5.32 Å². The van der Waals surface area contributed by atoms with Gasteiger partial charge in [0.2, 0.25) is 0 Å². The second kappa shape index (κ2) is 6.44. The van der Waals surface area contributed by atoms with E-state index >= 15 is 0 Å². The number of β-amino-alcohol motifs (C(OH)–C–C–N with tert-alkyl or cyclic N) is 1. The van der Waals surface area contributed by atoms with Gasteiger partial charge in [-0.05, 0) is 46.5 Å². The van der Waals surface area contributed by atoms with Crippen LogP contribution in [-0.2, 0) is 0 Å². The lowest BCUT2D eigenvalue weighted by molar-refractivity contribution is 0.0463. The van der Waals surface area contributed by atoms with Crippen LogP contribution in [0.25, 0.3) is 0 Å². The predicted octanol–water partition coefficient (Wildman–Crippen LogP) is 2.38. The van der Waals surface area contributed by atoms with Crippen LogP contribution in [0.2, 0.25) is 0 Å². The second-order valence-corrected chi connectivity index (χ2v) is 6.06. The summed E-state index contributed by atoms with van der Waals surface area (Å²) in [5, 5.41) is 21.4. The highest BCUT2D eigenvalue weighted by Gasteiger charge is 2.27. The van der Waals surface area contributed by atoms with Gasteiger partial charge in [0.1, 0.15) is 0 Å². The van der Waals surface area contributed by atoms with Gasteiger partial charge >= 0.3 is 12.0 Å². The standard InChI is InChI=1S/C14H17BrN2O4/c1-8-4-5-17(7-12(8)18)14(21)16-11-3-2-9(13(19)20)6-10(11)15/h2-3,6,8,12,18H,4-5,7H2,1H3,(H,16,21)(H,19,20). The quantitative estimate of drug-likeness (QED) is 0.758. The second-order valence-electron chi connectivity index (χ2n) is 5.21. The number of halogens is 1. The Balaban J connectivity index is 2.04. The van der Waals surface area contributed by atoms with E-state index in [9.17, 15) is 14.7 Å². The normalized spacial score (nSPS) is 22.0. The molecule has 2 atom stereocenters. The molecule has 2 rings (SSSR count). The highest BCUT2D eigenvalue weighted by Crippen LogP contribution is 2.25. The van der Waals surface area contributed by atoms with Crippen molar-refractivity contribution in [2.24, 2.45) is 5.92 Å². The Kier molecular flexibility index (Phi) is 4.84. The van der Waals surface area contributed by atoms with Gasteiger partial charge in [0, 0.05) is 17.6 Å². The summed E-state index contributed by atoms with van der Waals surface area (Å²) in [6.45, 7) is 2.86. The number of carboxylic acid groups (broad SMARTS) is 1. The van der Waals surface area contributed by atoms with E-state index in [0.29, 0.717) is 23.2 Å². The lowest BCUT2D eigenvalue weighted by Gasteiger charge is -2.34. The number of piperidine rings is 1. The maximum absolute atomic E-state index is 12.2. The molecule has 0 saturated carbocycles. The molecule has 0 aliphatic carbocycles. The van der Waals surface area contributed by atoms with Crippen LogP contribution in [-0.4, -0.2) is 46.3 Å². The van der Waals surface area contributed by atoms with E-state index in [1.807, 2.05) is 6.92 Å². The number of urea groups is 1. The molecule has 0 aromatic heterocycles. The Morgan fingerprint density at radius 2 is 2.14 bits per heavy atom. The molecule has 0 bridgehead atoms. The van der Waals surface area contributed by atoms with E-state index in [1.54, 1.807) is 4.90 Å². The predicted molar refractivity (Wildman–Crippen MR) is 81.5 cm³/mol. The molecule has 1 fully saturated rings. The van der Waals surface area contributed by atoms with E-state index in [4.69, 9.17) is 5.11 Å². The minimum atomic E-state index is -1.03. The van der Waals surface area contributed by atoms with E-state index in [1.165, 1.54) is 18.2 Å². The van der Waals surface area contributed by atoms with Gasteiger partial charge in [-0.25, -0.2) is 9.59 Å². The minimum absolute atomic E-state index is 0.141. The topological polar surface area (TPSA) is 89.9 Å². The van der Waals surface area contributed by atoms with Crippen LogP contribution in [0.15, 0.2) is 22.7 Å². The van der Waals surface area contributed by atoms with Crippen LogP contribution in [0.4, 0.5) is 10.5 Å². The number of carbonyl (C=O) groups excluding carboxylic acids is 1. The molecule has 1 heterocycles. The first kappa shape index (κ1) is 15.8. The largest absolute Gasteiger partial charge is 0.478 e. The molecule has 1 aliphatic heterocycles. The average molecular weight is 357 g/mol. The minimum Gasteiger partial charge on any atom is -0.478 e. The van der Waals surface area contributed by atoms with Crippen molar-refractivity contribution >= 4 is 33.6 Å². The zero-order chi connectivity index (χ0) is 15.6. The number of aromatic carboxylic acids is 1. The molecule has 1 aliphatic rings. The number of hydrogen-bond acceptors (Lipinski definition) is 3. The fourth-order valence-electron chi connectivity index (χ4n) is 2.18. The summed E-state index contributed by atoms with van der Waals surface area (Å²) in [6.07, 6.45) is 0.246. The highest BCUT2D eigenvalue weighted by molar-refractivity contribution is 9.10. The third-order valence-electron chi connectivity index (χ3n) is 3.66. The van der Waals surface area contributed by atoms with Crippen molar-refractivity contribution in [2.45, 2.75) is 19.4 Å². The molecule has 114 valence electrons. The van der Waals surface area contributed by atoms with Crippen molar-refractivity contribution in [2.75, 3.05) is 18.4 Å². The number of amides is 2. The molecule has 6 nitrogen and oxygen atoms in total. The molecule has 7 heteroatoms. The smallest absolute Gasteiger partial charge is 0.335 e. The number of carboxylic acids is 1. The molecule has 3 N–H and O–H groups in total. The number of carbonyl (C=O) groups is 2. The monoisotopic (exact) mass is 356 g/mol. The molecule has 1 aromatic carbocycles. The molecular weight excluding hydrogens is 340 g/mol. The lowest BCUT2D eigenvalue weighted by Crippen LogP contribution is -2.47. The van der Waals surface area contributed by atoms with E-state index in [0.717, 1.165) is 6.42 Å². The van der Waals surface area contributed by atoms with Gasteiger partial charge in [-0.2, -0.15) is 0 Å². The van der Waals surface area contributed by atoms with Gasteiger partial charge in [0.25, 0.3) is 0 Å². The van der Waals surface area contributed by atoms with Crippen LogP contribution >= 0.6 is 15.9 Å². The van der Waals surface area contributed by atoms with Crippen molar-refractivity contribution < 1.29 is 19.8 Å². The van der Waals surface area contributed by atoms with E-state index in [-0.39, 0.29) is 17.5 Å². The fourth-order valence-corrected chi connectivity index (χ4v) is 2.66. The number of aliphatic hydroxyl groups excluding tert-OH is 1. The van der Waals surface area contributed by atoms with Gasteiger partial charge in [-0.3, -0.25) is 0 Å².